The maximum absolute atomic E-state index is 14.2. The van der Waals surface area contributed by atoms with Crippen molar-refractivity contribution in [1.82, 2.24) is 14.4 Å². The normalized spacial score (nSPS) is 15.6. The van der Waals surface area contributed by atoms with Crippen LogP contribution in [0.25, 0.3) is 10.2 Å². The Kier molecular flexibility index (Phi) is 5.05. The van der Waals surface area contributed by atoms with E-state index in [0.717, 1.165) is 33.8 Å². The smallest absolute Gasteiger partial charge is 0.270 e. The van der Waals surface area contributed by atoms with E-state index in [4.69, 9.17) is 0 Å². The number of hydrogen-bond acceptors (Lipinski definition) is 3. The second kappa shape index (κ2) is 7.33. The van der Waals surface area contributed by atoms with Crippen molar-refractivity contribution in [3.05, 3.63) is 57.0 Å². The minimum absolute atomic E-state index is 0.0547. The monoisotopic (exact) mass is 453 g/mol. The lowest BCUT2D eigenvalue weighted by molar-refractivity contribution is 0.0654. The fraction of sp³-hybridized carbons (Fsp3) is 0.316. The van der Waals surface area contributed by atoms with E-state index in [0.29, 0.717) is 24.3 Å². The van der Waals surface area contributed by atoms with Crippen molar-refractivity contribution >= 4 is 43.4 Å². The first kappa shape index (κ1) is 18.6. The van der Waals surface area contributed by atoms with E-state index in [1.165, 1.54) is 23.5 Å². The van der Waals surface area contributed by atoms with Gasteiger partial charge in [-0.05, 0) is 35.1 Å². The highest BCUT2D eigenvalue weighted by Crippen LogP contribution is 2.34. The largest absolute Gasteiger partial charge is 0.335 e. The van der Waals surface area contributed by atoms with E-state index in [-0.39, 0.29) is 12.5 Å². The molecule has 142 valence electrons. The maximum Gasteiger partial charge on any atom is 0.270 e. The Morgan fingerprint density at radius 3 is 2.63 bits per heavy atom. The molecule has 1 saturated heterocycles. The predicted molar refractivity (Wildman–Crippen MR) is 106 cm³/mol. The zero-order chi connectivity index (χ0) is 19.1. The van der Waals surface area contributed by atoms with Crippen LogP contribution in [0.4, 0.5) is 8.78 Å². The summed E-state index contributed by atoms with van der Waals surface area (Å²) < 4.78 is 31.1. The van der Waals surface area contributed by atoms with Gasteiger partial charge in [0.15, 0.2) is 0 Å². The predicted octanol–water partition coefficient (Wildman–Crippen LogP) is 4.18. The lowest BCUT2D eigenvalue weighted by Crippen LogP contribution is -2.47. The number of carbonyl (C=O) groups excluding carboxylic acids is 1. The summed E-state index contributed by atoms with van der Waals surface area (Å²) in [7, 11) is 2.04. The Bertz CT molecular complexity index is 1010. The quantitative estimate of drug-likeness (QED) is 0.594. The summed E-state index contributed by atoms with van der Waals surface area (Å²) in [6, 6.07) is 5.41. The number of benzene rings is 1. The lowest BCUT2D eigenvalue weighted by atomic mass is 10.2. The molecule has 0 spiro atoms. The summed E-state index contributed by atoms with van der Waals surface area (Å²) >= 11 is 5.06. The van der Waals surface area contributed by atoms with E-state index < -0.39 is 11.6 Å². The Balaban J connectivity index is 1.74. The van der Waals surface area contributed by atoms with Gasteiger partial charge in [-0.3, -0.25) is 4.79 Å². The van der Waals surface area contributed by atoms with Crippen molar-refractivity contribution in [3.8, 4) is 0 Å². The summed E-state index contributed by atoms with van der Waals surface area (Å²) in [5, 5.41) is 1.95. The number of piperazine rings is 1. The van der Waals surface area contributed by atoms with Gasteiger partial charge in [0.05, 0.1) is 21.2 Å². The van der Waals surface area contributed by atoms with Gasteiger partial charge in [-0.25, -0.2) is 8.78 Å². The Hall–Kier alpha value is -1.77. The minimum Gasteiger partial charge on any atom is -0.335 e. The molecule has 0 N–H and O–H groups in total. The van der Waals surface area contributed by atoms with Crippen LogP contribution in [0.1, 0.15) is 16.1 Å². The van der Waals surface area contributed by atoms with Gasteiger partial charge in [-0.15, -0.1) is 11.3 Å². The first-order chi connectivity index (χ1) is 12.9. The number of likely N-dealkylation sites (N-methyl/N-ethyl adjacent to an activating group) is 1. The highest BCUT2D eigenvalue weighted by molar-refractivity contribution is 9.10. The molecule has 1 aromatic carbocycles. The topological polar surface area (TPSA) is 28.5 Å². The van der Waals surface area contributed by atoms with Gasteiger partial charge in [0.25, 0.3) is 5.91 Å². The van der Waals surface area contributed by atoms with Gasteiger partial charge < -0.3 is 14.4 Å². The highest BCUT2D eigenvalue weighted by atomic mass is 79.9. The third-order valence-electron chi connectivity index (χ3n) is 4.93. The average molecular weight is 454 g/mol. The van der Waals surface area contributed by atoms with Crippen LogP contribution < -0.4 is 0 Å². The van der Waals surface area contributed by atoms with E-state index in [1.54, 1.807) is 0 Å². The second-order valence-corrected chi connectivity index (χ2v) is 8.51. The molecule has 1 amide bonds. The molecule has 2 aromatic heterocycles. The first-order valence-electron chi connectivity index (χ1n) is 8.62. The molecular weight excluding hydrogens is 436 g/mol. The number of thiophene rings is 1. The number of fused-ring (bicyclic) bond motifs is 1. The second-order valence-electron chi connectivity index (χ2n) is 6.74. The van der Waals surface area contributed by atoms with E-state index in [1.807, 2.05) is 28.0 Å². The molecule has 27 heavy (non-hydrogen) atoms. The molecule has 0 atom stereocenters. The zero-order valence-electron chi connectivity index (χ0n) is 14.7. The van der Waals surface area contributed by atoms with Crippen molar-refractivity contribution in [2.75, 3.05) is 33.2 Å². The van der Waals surface area contributed by atoms with Gasteiger partial charge in [0, 0.05) is 43.2 Å². The zero-order valence-corrected chi connectivity index (χ0v) is 17.1. The van der Waals surface area contributed by atoms with E-state index in [2.05, 4.69) is 20.8 Å². The van der Waals surface area contributed by atoms with Gasteiger partial charge >= 0.3 is 0 Å². The highest BCUT2D eigenvalue weighted by Gasteiger charge is 2.26. The van der Waals surface area contributed by atoms with Crippen molar-refractivity contribution < 1.29 is 13.6 Å². The van der Waals surface area contributed by atoms with Gasteiger partial charge in [-0.1, -0.05) is 6.07 Å². The SMILES string of the molecule is CN1CCN(C(=O)c2cc3scc(Br)c3n2Cc2ccc(F)cc2F)CC1. The van der Waals surface area contributed by atoms with E-state index in [9.17, 15) is 13.6 Å². The first-order valence-corrected chi connectivity index (χ1v) is 10.3. The number of halogens is 3. The summed E-state index contributed by atoms with van der Waals surface area (Å²) in [4.78, 5) is 17.2. The van der Waals surface area contributed by atoms with Crippen LogP contribution in [0.15, 0.2) is 34.1 Å². The fourth-order valence-electron chi connectivity index (χ4n) is 3.36. The lowest BCUT2D eigenvalue weighted by Gasteiger charge is -2.32. The molecule has 8 heteroatoms. The summed E-state index contributed by atoms with van der Waals surface area (Å²) in [6.45, 7) is 3.16. The van der Waals surface area contributed by atoms with Crippen molar-refractivity contribution in [2.24, 2.45) is 0 Å². The van der Waals surface area contributed by atoms with Crippen LogP contribution in [-0.2, 0) is 6.54 Å². The van der Waals surface area contributed by atoms with Crippen LogP contribution in [0.2, 0.25) is 0 Å². The van der Waals surface area contributed by atoms with Gasteiger partial charge in [0.1, 0.15) is 17.3 Å². The molecule has 0 unspecified atom stereocenters. The maximum atomic E-state index is 14.2. The number of amides is 1. The molecule has 3 aromatic rings. The Morgan fingerprint density at radius 1 is 1.19 bits per heavy atom. The molecule has 0 aliphatic carbocycles. The minimum atomic E-state index is -0.612. The van der Waals surface area contributed by atoms with Crippen molar-refractivity contribution in [2.45, 2.75) is 6.54 Å². The Morgan fingerprint density at radius 2 is 1.93 bits per heavy atom. The number of hydrogen-bond donors (Lipinski definition) is 0. The fourth-order valence-corrected chi connectivity index (χ4v) is 5.06. The molecule has 0 bridgehead atoms. The molecular formula is C19H18BrF2N3OS. The number of aromatic nitrogens is 1. The molecule has 0 saturated carbocycles. The molecule has 4 nitrogen and oxygen atoms in total. The average Bonchev–Trinajstić information content (AvgIpc) is 3.18. The van der Waals surface area contributed by atoms with E-state index >= 15 is 0 Å². The van der Waals surface area contributed by atoms with Crippen LogP contribution in [0, 0.1) is 11.6 Å². The molecule has 4 rings (SSSR count). The van der Waals surface area contributed by atoms with Crippen LogP contribution in [0.3, 0.4) is 0 Å². The molecule has 0 radical (unpaired) electrons. The van der Waals surface area contributed by atoms with Crippen LogP contribution in [0.5, 0.6) is 0 Å². The van der Waals surface area contributed by atoms with Crippen LogP contribution in [-0.4, -0.2) is 53.5 Å². The number of rotatable bonds is 3. The molecule has 1 aliphatic heterocycles. The summed E-state index contributed by atoms with van der Waals surface area (Å²) in [5.41, 5.74) is 1.74. The Labute approximate surface area is 168 Å². The third kappa shape index (κ3) is 3.53. The number of nitrogens with zero attached hydrogens (tertiary/aromatic N) is 3. The standard InChI is InChI=1S/C19H18BrF2N3OS/c1-23-4-6-24(7-5-23)19(26)16-9-17-18(14(20)11-27-17)25(16)10-12-2-3-13(21)8-15(12)22/h2-3,8-9,11H,4-7,10H2,1H3. The van der Waals surface area contributed by atoms with Crippen LogP contribution >= 0.6 is 27.3 Å². The summed E-state index contributed by atoms with van der Waals surface area (Å²) in [6.07, 6.45) is 0. The molecule has 1 fully saturated rings. The molecule has 1 aliphatic rings. The van der Waals surface area contributed by atoms with Gasteiger partial charge in [-0.2, -0.15) is 0 Å². The number of carbonyl (C=O) groups is 1. The molecule has 3 heterocycles. The van der Waals surface area contributed by atoms with Crippen molar-refractivity contribution in [1.29, 1.82) is 0 Å². The summed E-state index contributed by atoms with van der Waals surface area (Å²) in [5.74, 6) is -1.28. The van der Waals surface area contributed by atoms with Crippen molar-refractivity contribution in [3.63, 3.8) is 0 Å². The third-order valence-corrected chi connectivity index (χ3v) is 6.76. The van der Waals surface area contributed by atoms with Gasteiger partial charge in [0.2, 0.25) is 0 Å².